The SMILES string of the molecule is COC(=O)CC1N=C(c2ccc(Cl)cc2)c2ccccc2-c2c(C)noc21. The van der Waals surface area contributed by atoms with Crippen molar-refractivity contribution in [3.8, 4) is 11.1 Å². The van der Waals surface area contributed by atoms with E-state index in [1.165, 1.54) is 7.11 Å². The lowest BCUT2D eigenvalue weighted by atomic mass is 9.93. The first-order valence-corrected chi connectivity index (χ1v) is 8.92. The fraction of sp³-hybridized carbons (Fsp3) is 0.190. The lowest BCUT2D eigenvalue weighted by Crippen LogP contribution is -2.10. The van der Waals surface area contributed by atoms with Gasteiger partial charge in [-0.15, -0.1) is 0 Å². The summed E-state index contributed by atoms with van der Waals surface area (Å²) >= 11 is 6.05. The molecule has 1 unspecified atom stereocenters. The molecule has 0 bridgehead atoms. The van der Waals surface area contributed by atoms with Crippen LogP contribution in [0.4, 0.5) is 0 Å². The standard InChI is InChI=1S/C21H17ClN2O3/c1-12-19-15-5-3-4-6-16(15)20(13-7-9-14(22)10-8-13)23-17(11-18(25)26-2)21(19)27-24-12/h3-10,17H,11H2,1-2H3. The van der Waals surface area contributed by atoms with E-state index >= 15 is 0 Å². The molecular weight excluding hydrogens is 364 g/mol. The number of carbonyl (C=O) groups is 1. The Hall–Kier alpha value is -2.92. The van der Waals surface area contributed by atoms with Gasteiger partial charge in [-0.3, -0.25) is 9.79 Å². The normalized spacial score (nSPS) is 15.4. The second-order valence-electron chi connectivity index (χ2n) is 6.33. The zero-order valence-corrected chi connectivity index (χ0v) is 15.7. The molecule has 1 atom stereocenters. The highest BCUT2D eigenvalue weighted by Crippen LogP contribution is 2.40. The molecule has 27 heavy (non-hydrogen) atoms. The number of aromatic nitrogens is 1. The van der Waals surface area contributed by atoms with Gasteiger partial charge in [-0.2, -0.15) is 0 Å². The second kappa shape index (κ2) is 7.00. The van der Waals surface area contributed by atoms with E-state index in [4.69, 9.17) is 25.9 Å². The number of aliphatic imine (C=N–C) groups is 1. The number of benzene rings is 2. The van der Waals surface area contributed by atoms with Crippen molar-refractivity contribution in [1.29, 1.82) is 0 Å². The summed E-state index contributed by atoms with van der Waals surface area (Å²) in [6.45, 7) is 1.89. The van der Waals surface area contributed by atoms with Gasteiger partial charge in [0, 0.05) is 16.1 Å². The maximum atomic E-state index is 12.0. The van der Waals surface area contributed by atoms with Crippen LogP contribution in [0.1, 0.15) is 35.0 Å². The first-order chi connectivity index (χ1) is 13.1. The number of esters is 1. The van der Waals surface area contributed by atoms with Crippen molar-refractivity contribution in [1.82, 2.24) is 5.16 Å². The summed E-state index contributed by atoms with van der Waals surface area (Å²) in [5.74, 6) is 0.222. The van der Waals surface area contributed by atoms with E-state index < -0.39 is 6.04 Å². The third kappa shape index (κ3) is 3.15. The molecule has 4 rings (SSSR count). The summed E-state index contributed by atoms with van der Waals surface area (Å²) in [5.41, 5.74) is 5.28. The van der Waals surface area contributed by atoms with Crippen LogP contribution in [0.3, 0.4) is 0 Å². The first kappa shape index (κ1) is 17.5. The third-order valence-electron chi connectivity index (χ3n) is 4.63. The van der Waals surface area contributed by atoms with E-state index in [-0.39, 0.29) is 12.4 Å². The van der Waals surface area contributed by atoms with Gasteiger partial charge >= 0.3 is 5.97 Å². The maximum absolute atomic E-state index is 12.0. The number of carbonyl (C=O) groups excluding carboxylic acids is 1. The average molecular weight is 381 g/mol. The van der Waals surface area contributed by atoms with E-state index in [1.807, 2.05) is 55.5 Å². The van der Waals surface area contributed by atoms with Gasteiger partial charge in [0.2, 0.25) is 0 Å². The number of rotatable bonds is 3. The Morgan fingerprint density at radius 3 is 2.56 bits per heavy atom. The van der Waals surface area contributed by atoms with Crippen LogP contribution in [0.5, 0.6) is 0 Å². The Labute approximate surface area is 161 Å². The molecule has 0 spiro atoms. The fourth-order valence-electron chi connectivity index (χ4n) is 3.35. The van der Waals surface area contributed by atoms with Gasteiger partial charge in [-0.05, 0) is 24.6 Å². The Kier molecular flexibility index (Phi) is 4.54. The smallest absolute Gasteiger partial charge is 0.308 e. The van der Waals surface area contributed by atoms with E-state index in [0.29, 0.717) is 10.8 Å². The van der Waals surface area contributed by atoms with Gasteiger partial charge in [0.25, 0.3) is 0 Å². The zero-order valence-electron chi connectivity index (χ0n) is 14.9. The molecule has 5 nitrogen and oxygen atoms in total. The highest BCUT2D eigenvalue weighted by Gasteiger charge is 2.31. The maximum Gasteiger partial charge on any atom is 0.308 e. The first-order valence-electron chi connectivity index (χ1n) is 8.55. The molecule has 0 amide bonds. The molecule has 6 heteroatoms. The highest BCUT2D eigenvalue weighted by atomic mass is 35.5. The minimum absolute atomic E-state index is 0.0726. The lowest BCUT2D eigenvalue weighted by molar-refractivity contribution is -0.141. The number of hydrogen-bond acceptors (Lipinski definition) is 5. The zero-order chi connectivity index (χ0) is 19.0. The van der Waals surface area contributed by atoms with Gasteiger partial charge < -0.3 is 9.26 Å². The molecule has 3 aromatic rings. The molecule has 0 fully saturated rings. The minimum atomic E-state index is -0.522. The molecule has 2 aromatic carbocycles. The van der Waals surface area contributed by atoms with Gasteiger partial charge in [-0.25, -0.2) is 0 Å². The summed E-state index contributed by atoms with van der Waals surface area (Å²) < 4.78 is 10.5. The van der Waals surface area contributed by atoms with Crippen molar-refractivity contribution >= 4 is 23.3 Å². The number of fused-ring (bicyclic) bond motifs is 3. The van der Waals surface area contributed by atoms with Crippen LogP contribution in [-0.2, 0) is 9.53 Å². The largest absolute Gasteiger partial charge is 0.469 e. The summed E-state index contributed by atoms with van der Waals surface area (Å²) in [4.78, 5) is 16.9. The Bertz CT molecular complexity index is 1040. The van der Waals surface area contributed by atoms with Crippen molar-refractivity contribution in [2.24, 2.45) is 4.99 Å². The lowest BCUT2D eigenvalue weighted by Gasteiger charge is -2.11. The molecule has 2 heterocycles. The molecule has 0 saturated heterocycles. The predicted octanol–water partition coefficient (Wildman–Crippen LogP) is 4.76. The van der Waals surface area contributed by atoms with Gasteiger partial charge in [0.15, 0.2) is 5.76 Å². The molecule has 0 radical (unpaired) electrons. The van der Waals surface area contributed by atoms with Crippen molar-refractivity contribution in [2.75, 3.05) is 7.11 Å². The monoisotopic (exact) mass is 380 g/mol. The second-order valence-corrected chi connectivity index (χ2v) is 6.77. The van der Waals surface area contributed by atoms with Gasteiger partial charge in [0.1, 0.15) is 6.04 Å². The summed E-state index contributed by atoms with van der Waals surface area (Å²) in [6, 6.07) is 14.9. The number of aryl methyl sites for hydroxylation is 1. The van der Waals surface area contributed by atoms with Crippen LogP contribution in [0.2, 0.25) is 5.02 Å². The Morgan fingerprint density at radius 1 is 1.15 bits per heavy atom. The number of ether oxygens (including phenoxy) is 1. The molecular formula is C21H17ClN2O3. The van der Waals surface area contributed by atoms with Crippen LogP contribution < -0.4 is 0 Å². The molecule has 136 valence electrons. The van der Waals surface area contributed by atoms with Crippen LogP contribution >= 0.6 is 11.6 Å². The number of methoxy groups -OCH3 is 1. The topological polar surface area (TPSA) is 64.7 Å². The van der Waals surface area contributed by atoms with Crippen LogP contribution in [-0.4, -0.2) is 23.9 Å². The molecule has 1 aromatic heterocycles. The molecule has 0 aliphatic carbocycles. The van der Waals surface area contributed by atoms with Crippen LogP contribution in [0.15, 0.2) is 58.0 Å². The number of halogens is 1. The van der Waals surface area contributed by atoms with E-state index in [1.54, 1.807) is 0 Å². The van der Waals surface area contributed by atoms with Crippen molar-refractivity contribution < 1.29 is 14.1 Å². The van der Waals surface area contributed by atoms with E-state index in [2.05, 4.69) is 5.16 Å². The quantitative estimate of drug-likeness (QED) is 0.614. The van der Waals surface area contributed by atoms with Crippen molar-refractivity contribution in [2.45, 2.75) is 19.4 Å². The van der Waals surface area contributed by atoms with Crippen molar-refractivity contribution in [3.05, 3.63) is 76.1 Å². The van der Waals surface area contributed by atoms with Gasteiger partial charge in [-0.1, -0.05) is 53.2 Å². The van der Waals surface area contributed by atoms with Crippen LogP contribution in [0, 0.1) is 6.92 Å². The van der Waals surface area contributed by atoms with Crippen LogP contribution in [0.25, 0.3) is 11.1 Å². The molecule has 0 N–H and O–H groups in total. The Morgan fingerprint density at radius 2 is 1.85 bits per heavy atom. The third-order valence-corrected chi connectivity index (χ3v) is 4.89. The number of hydrogen-bond donors (Lipinski definition) is 0. The predicted molar refractivity (Wildman–Crippen MR) is 103 cm³/mol. The van der Waals surface area contributed by atoms with Gasteiger partial charge in [0.05, 0.1) is 30.5 Å². The summed E-state index contributed by atoms with van der Waals surface area (Å²) in [5, 5.41) is 4.77. The Balaban J connectivity index is 1.97. The highest BCUT2D eigenvalue weighted by molar-refractivity contribution is 6.30. The van der Waals surface area contributed by atoms with Crippen molar-refractivity contribution in [3.63, 3.8) is 0 Å². The number of nitrogens with zero attached hydrogens (tertiary/aromatic N) is 2. The molecule has 1 aliphatic heterocycles. The molecule has 1 aliphatic rings. The average Bonchev–Trinajstić information content (AvgIpc) is 3.00. The van der Waals surface area contributed by atoms with E-state index in [0.717, 1.165) is 33.7 Å². The minimum Gasteiger partial charge on any atom is -0.469 e. The summed E-state index contributed by atoms with van der Waals surface area (Å²) in [6.07, 6.45) is 0.0726. The summed E-state index contributed by atoms with van der Waals surface area (Å²) in [7, 11) is 1.37. The van der Waals surface area contributed by atoms with E-state index in [9.17, 15) is 4.79 Å². The fourth-order valence-corrected chi connectivity index (χ4v) is 3.48. The molecule has 0 saturated carbocycles.